The Kier molecular flexibility index (Phi) is 2.20. The minimum atomic E-state index is -0.468. The van der Waals surface area contributed by atoms with Crippen LogP contribution in [-0.4, -0.2) is 7.11 Å². The van der Waals surface area contributed by atoms with Gasteiger partial charge in [-0.1, -0.05) is 6.07 Å². The minimum absolute atomic E-state index is 0.468. The van der Waals surface area contributed by atoms with Gasteiger partial charge in [0.2, 0.25) is 0 Å². The monoisotopic (exact) mass is 205 g/mol. The lowest BCUT2D eigenvalue weighted by Crippen LogP contribution is -2.27. The standard InChI is InChI=1S/C12H15NO2/c1-12(2,13)11-7-8-9(14-3)5-4-6-10(8)15-11/h4-7H,13H2,1-3H3. The Labute approximate surface area is 88.8 Å². The summed E-state index contributed by atoms with van der Waals surface area (Å²) >= 11 is 0. The van der Waals surface area contributed by atoms with Gasteiger partial charge in [0.1, 0.15) is 17.1 Å². The summed E-state index contributed by atoms with van der Waals surface area (Å²) in [6.07, 6.45) is 0. The molecule has 3 nitrogen and oxygen atoms in total. The number of fused-ring (bicyclic) bond motifs is 1. The van der Waals surface area contributed by atoms with E-state index in [0.717, 1.165) is 22.5 Å². The third kappa shape index (κ3) is 1.70. The predicted octanol–water partition coefficient (Wildman–Crippen LogP) is 2.64. The number of methoxy groups -OCH3 is 1. The first-order chi connectivity index (χ1) is 7.02. The largest absolute Gasteiger partial charge is 0.496 e. The topological polar surface area (TPSA) is 48.4 Å². The Bertz CT molecular complexity index is 480. The zero-order valence-corrected chi connectivity index (χ0v) is 9.20. The van der Waals surface area contributed by atoms with Crippen molar-refractivity contribution in [2.75, 3.05) is 7.11 Å². The summed E-state index contributed by atoms with van der Waals surface area (Å²) in [6.45, 7) is 3.83. The van der Waals surface area contributed by atoms with Crippen LogP contribution in [0.1, 0.15) is 19.6 Å². The SMILES string of the molecule is COc1cccc2oc(C(C)(C)N)cc12. The summed E-state index contributed by atoms with van der Waals surface area (Å²) in [4.78, 5) is 0. The molecule has 0 amide bonds. The Morgan fingerprint density at radius 3 is 2.67 bits per heavy atom. The van der Waals surface area contributed by atoms with Crippen molar-refractivity contribution < 1.29 is 9.15 Å². The minimum Gasteiger partial charge on any atom is -0.496 e. The molecule has 1 aromatic carbocycles. The van der Waals surface area contributed by atoms with Crippen LogP contribution >= 0.6 is 0 Å². The zero-order chi connectivity index (χ0) is 11.1. The molecule has 0 atom stereocenters. The highest BCUT2D eigenvalue weighted by molar-refractivity contribution is 5.84. The van der Waals surface area contributed by atoms with Crippen molar-refractivity contribution in [3.05, 3.63) is 30.0 Å². The fourth-order valence-corrected chi connectivity index (χ4v) is 1.53. The van der Waals surface area contributed by atoms with Gasteiger partial charge in [-0.3, -0.25) is 0 Å². The Morgan fingerprint density at radius 2 is 2.07 bits per heavy atom. The van der Waals surface area contributed by atoms with E-state index < -0.39 is 5.54 Å². The number of ether oxygens (including phenoxy) is 1. The average molecular weight is 205 g/mol. The van der Waals surface area contributed by atoms with Crippen LogP contribution in [0.25, 0.3) is 11.0 Å². The van der Waals surface area contributed by atoms with Crippen molar-refractivity contribution in [3.63, 3.8) is 0 Å². The maximum Gasteiger partial charge on any atom is 0.138 e. The van der Waals surface area contributed by atoms with E-state index in [1.54, 1.807) is 7.11 Å². The fraction of sp³-hybridized carbons (Fsp3) is 0.333. The molecule has 0 fully saturated rings. The van der Waals surface area contributed by atoms with Crippen LogP contribution in [0.2, 0.25) is 0 Å². The van der Waals surface area contributed by atoms with Crippen LogP contribution < -0.4 is 10.5 Å². The Morgan fingerprint density at radius 1 is 1.33 bits per heavy atom. The molecule has 0 saturated heterocycles. The lowest BCUT2D eigenvalue weighted by atomic mass is 10.0. The number of benzene rings is 1. The molecular weight excluding hydrogens is 190 g/mol. The molecule has 0 aliphatic heterocycles. The van der Waals surface area contributed by atoms with Gasteiger partial charge in [-0.15, -0.1) is 0 Å². The van der Waals surface area contributed by atoms with E-state index in [-0.39, 0.29) is 0 Å². The van der Waals surface area contributed by atoms with Crippen LogP contribution in [0.5, 0.6) is 5.75 Å². The number of hydrogen-bond donors (Lipinski definition) is 1. The van der Waals surface area contributed by atoms with E-state index in [4.69, 9.17) is 14.9 Å². The highest BCUT2D eigenvalue weighted by Gasteiger charge is 2.20. The highest BCUT2D eigenvalue weighted by atomic mass is 16.5. The smallest absolute Gasteiger partial charge is 0.138 e. The molecule has 15 heavy (non-hydrogen) atoms. The normalized spacial score (nSPS) is 12.0. The lowest BCUT2D eigenvalue weighted by molar-refractivity contribution is 0.412. The highest BCUT2D eigenvalue weighted by Crippen LogP contribution is 2.31. The summed E-state index contributed by atoms with van der Waals surface area (Å²) in [5.74, 6) is 1.58. The molecule has 2 aromatic rings. The quantitative estimate of drug-likeness (QED) is 0.819. The number of nitrogens with two attached hydrogens (primary N) is 1. The van der Waals surface area contributed by atoms with Crippen LogP contribution in [0, 0.1) is 0 Å². The molecule has 3 heteroatoms. The molecule has 0 aliphatic carbocycles. The summed E-state index contributed by atoms with van der Waals surface area (Å²) in [7, 11) is 1.65. The summed E-state index contributed by atoms with van der Waals surface area (Å²) < 4.78 is 10.9. The molecule has 2 N–H and O–H groups in total. The molecule has 0 saturated carbocycles. The van der Waals surface area contributed by atoms with Gasteiger partial charge in [0, 0.05) is 0 Å². The molecule has 1 heterocycles. The van der Waals surface area contributed by atoms with Gasteiger partial charge in [0.05, 0.1) is 18.0 Å². The van der Waals surface area contributed by atoms with Crippen molar-refractivity contribution in [1.82, 2.24) is 0 Å². The maximum absolute atomic E-state index is 5.98. The molecule has 0 aliphatic rings. The van der Waals surface area contributed by atoms with Crippen molar-refractivity contribution in [1.29, 1.82) is 0 Å². The molecule has 0 unspecified atom stereocenters. The van der Waals surface area contributed by atoms with Crippen LogP contribution in [0.4, 0.5) is 0 Å². The first kappa shape index (κ1) is 10.1. The van der Waals surface area contributed by atoms with Crippen LogP contribution in [0.3, 0.4) is 0 Å². The van der Waals surface area contributed by atoms with Crippen LogP contribution in [-0.2, 0) is 5.54 Å². The summed E-state index contributed by atoms with van der Waals surface area (Å²) in [5.41, 5.74) is 6.32. The van der Waals surface area contributed by atoms with Gasteiger partial charge in [-0.25, -0.2) is 0 Å². The Hall–Kier alpha value is -1.48. The van der Waals surface area contributed by atoms with Gasteiger partial charge in [-0.05, 0) is 32.0 Å². The number of rotatable bonds is 2. The molecule has 0 bridgehead atoms. The third-order valence-corrected chi connectivity index (χ3v) is 2.38. The summed E-state index contributed by atoms with van der Waals surface area (Å²) in [5, 5.41) is 0.966. The van der Waals surface area contributed by atoms with Crippen molar-refractivity contribution in [3.8, 4) is 5.75 Å². The van der Waals surface area contributed by atoms with Gasteiger partial charge < -0.3 is 14.9 Å². The van der Waals surface area contributed by atoms with E-state index >= 15 is 0 Å². The van der Waals surface area contributed by atoms with Crippen LogP contribution in [0.15, 0.2) is 28.7 Å². The molecule has 0 radical (unpaired) electrons. The molecule has 1 aromatic heterocycles. The number of furan rings is 1. The molecule has 2 rings (SSSR count). The second kappa shape index (κ2) is 3.28. The first-order valence-electron chi connectivity index (χ1n) is 4.88. The summed E-state index contributed by atoms with van der Waals surface area (Å²) in [6, 6.07) is 7.66. The predicted molar refractivity (Wildman–Crippen MR) is 60.0 cm³/mol. The molecule has 0 spiro atoms. The maximum atomic E-state index is 5.98. The third-order valence-electron chi connectivity index (χ3n) is 2.38. The second-order valence-corrected chi connectivity index (χ2v) is 4.20. The van der Waals surface area contributed by atoms with Gasteiger partial charge in [0.15, 0.2) is 0 Å². The van der Waals surface area contributed by atoms with Crippen molar-refractivity contribution in [2.45, 2.75) is 19.4 Å². The zero-order valence-electron chi connectivity index (χ0n) is 9.20. The van der Waals surface area contributed by atoms with Gasteiger partial charge in [0.25, 0.3) is 0 Å². The second-order valence-electron chi connectivity index (χ2n) is 4.20. The fourth-order valence-electron chi connectivity index (χ4n) is 1.53. The number of hydrogen-bond acceptors (Lipinski definition) is 3. The van der Waals surface area contributed by atoms with E-state index in [1.807, 2.05) is 38.1 Å². The molecule has 80 valence electrons. The van der Waals surface area contributed by atoms with Crippen molar-refractivity contribution >= 4 is 11.0 Å². The molecular formula is C12H15NO2. The van der Waals surface area contributed by atoms with E-state index in [1.165, 1.54) is 0 Å². The van der Waals surface area contributed by atoms with Gasteiger partial charge in [-0.2, -0.15) is 0 Å². The van der Waals surface area contributed by atoms with Crippen molar-refractivity contribution in [2.24, 2.45) is 5.73 Å². The van der Waals surface area contributed by atoms with E-state index in [0.29, 0.717) is 0 Å². The first-order valence-corrected chi connectivity index (χ1v) is 4.88. The van der Waals surface area contributed by atoms with E-state index in [9.17, 15) is 0 Å². The van der Waals surface area contributed by atoms with Gasteiger partial charge >= 0.3 is 0 Å². The average Bonchev–Trinajstić information content (AvgIpc) is 2.59. The lowest BCUT2D eigenvalue weighted by Gasteiger charge is -2.13. The Balaban J connectivity index is 2.65. The van der Waals surface area contributed by atoms with E-state index in [2.05, 4.69) is 0 Å².